The molecule has 0 fully saturated rings. The smallest absolute Gasteiger partial charge is 0.290 e. The summed E-state index contributed by atoms with van der Waals surface area (Å²) in [6.45, 7) is 0.139. The summed E-state index contributed by atoms with van der Waals surface area (Å²) in [6, 6.07) is 20.3. The number of hydrogen-bond donors (Lipinski definition) is 1. The predicted octanol–water partition coefficient (Wildman–Crippen LogP) is 3.34. The van der Waals surface area contributed by atoms with Crippen molar-refractivity contribution in [2.45, 2.75) is 13.0 Å². The Labute approximate surface area is 140 Å². The Hall–Kier alpha value is -3.01. The third-order valence-electron chi connectivity index (χ3n) is 3.69. The van der Waals surface area contributed by atoms with E-state index in [9.17, 15) is 9.18 Å². The molecule has 3 aromatic rings. The standard InChI is InChI=1S/C20H17FN2O/c21-18-8-4-5-9-19(18)22-20(24)15-23-12-10-17(11-13-23)14-16-6-2-1-3-7-16/h1-13H,14-15H2/p+1. The number of rotatable bonds is 5. The fraction of sp³-hybridized carbons (Fsp3) is 0.100. The van der Waals surface area contributed by atoms with Gasteiger partial charge in [0.1, 0.15) is 5.82 Å². The van der Waals surface area contributed by atoms with E-state index >= 15 is 0 Å². The van der Waals surface area contributed by atoms with Crippen LogP contribution < -0.4 is 9.88 Å². The SMILES string of the molecule is O=C(C[n+]1ccc(Cc2ccccc2)cc1)Nc1ccccc1F. The zero-order valence-corrected chi connectivity index (χ0v) is 13.2. The van der Waals surface area contributed by atoms with Crippen molar-refractivity contribution in [3.05, 3.63) is 96.1 Å². The van der Waals surface area contributed by atoms with Gasteiger partial charge in [0.25, 0.3) is 5.91 Å². The lowest BCUT2D eigenvalue weighted by atomic mass is 10.1. The third-order valence-corrected chi connectivity index (χ3v) is 3.69. The van der Waals surface area contributed by atoms with Crippen LogP contribution in [0.25, 0.3) is 0 Å². The van der Waals surface area contributed by atoms with Gasteiger partial charge in [-0.1, -0.05) is 42.5 Å². The molecule has 3 nitrogen and oxygen atoms in total. The Morgan fingerprint density at radius 3 is 2.21 bits per heavy atom. The number of para-hydroxylation sites is 1. The van der Waals surface area contributed by atoms with E-state index in [2.05, 4.69) is 17.4 Å². The maximum atomic E-state index is 13.5. The monoisotopic (exact) mass is 321 g/mol. The van der Waals surface area contributed by atoms with Gasteiger partial charge in [-0.3, -0.25) is 4.79 Å². The van der Waals surface area contributed by atoms with E-state index < -0.39 is 5.82 Å². The number of amides is 1. The molecular weight excluding hydrogens is 303 g/mol. The van der Waals surface area contributed by atoms with Crippen molar-refractivity contribution < 1.29 is 13.8 Å². The van der Waals surface area contributed by atoms with E-state index in [-0.39, 0.29) is 18.1 Å². The van der Waals surface area contributed by atoms with Gasteiger partial charge in [-0.2, -0.15) is 4.57 Å². The molecule has 0 unspecified atom stereocenters. The first-order valence-corrected chi connectivity index (χ1v) is 7.77. The zero-order valence-electron chi connectivity index (χ0n) is 13.2. The van der Waals surface area contributed by atoms with Gasteiger partial charge in [-0.15, -0.1) is 0 Å². The molecule has 0 aliphatic heterocycles. The van der Waals surface area contributed by atoms with E-state index in [1.54, 1.807) is 22.8 Å². The number of nitrogens with zero attached hydrogens (tertiary/aromatic N) is 1. The maximum absolute atomic E-state index is 13.5. The first-order chi connectivity index (χ1) is 11.7. The Balaban J connectivity index is 1.60. The summed E-state index contributed by atoms with van der Waals surface area (Å²) in [6.07, 6.45) is 4.57. The fourth-order valence-electron chi connectivity index (χ4n) is 2.46. The topological polar surface area (TPSA) is 33.0 Å². The molecule has 0 aliphatic rings. The van der Waals surface area contributed by atoms with Crippen molar-refractivity contribution in [2.75, 3.05) is 5.32 Å². The maximum Gasteiger partial charge on any atom is 0.290 e. The van der Waals surface area contributed by atoms with Crippen molar-refractivity contribution >= 4 is 11.6 Å². The lowest BCUT2D eigenvalue weighted by Crippen LogP contribution is -2.39. The van der Waals surface area contributed by atoms with Crippen molar-refractivity contribution in [2.24, 2.45) is 0 Å². The summed E-state index contributed by atoms with van der Waals surface area (Å²) in [4.78, 5) is 12.0. The van der Waals surface area contributed by atoms with Crippen molar-refractivity contribution in [1.29, 1.82) is 0 Å². The first kappa shape index (κ1) is 15.9. The molecule has 1 amide bonds. The molecule has 24 heavy (non-hydrogen) atoms. The molecule has 0 atom stereocenters. The van der Waals surface area contributed by atoms with Crippen LogP contribution in [0.1, 0.15) is 11.1 Å². The summed E-state index contributed by atoms with van der Waals surface area (Å²) in [5.74, 6) is -0.699. The number of hydrogen-bond acceptors (Lipinski definition) is 1. The van der Waals surface area contributed by atoms with E-state index in [4.69, 9.17) is 0 Å². The minimum absolute atomic E-state index is 0.139. The van der Waals surface area contributed by atoms with Crippen LogP contribution in [0.4, 0.5) is 10.1 Å². The number of carbonyl (C=O) groups is 1. The second-order valence-electron chi connectivity index (χ2n) is 5.57. The molecule has 0 radical (unpaired) electrons. The van der Waals surface area contributed by atoms with Gasteiger partial charge in [0, 0.05) is 12.1 Å². The Kier molecular flexibility index (Phi) is 4.96. The Morgan fingerprint density at radius 2 is 1.50 bits per heavy atom. The highest BCUT2D eigenvalue weighted by Crippen LogP contribution is 2.12. The molecule has 120 valence electrons. The van der Waals surface area contributed by atoms with E-state index in [0.717, 1.165) is 6.42 Å². The lowest BCUT2D eigenvalue weighted by molar-refractivity contribution is -0.684. The molecule has 4 heteroatoms. The summed E-state index contributed by atoms with van der Waals surface area (Å²) >= 11 is 0. The molecule has 0 saturated heterocycles. The Bertz CT molecular complexity index is 817. The number of benzene rings is 2. The van der Waals surface area contributed by atoms with Crippen LogP contribution in [0.5, 0.6) is 0 Å². The van der Waals surface area contributed by atoms with Gasteiger partial charge in [-0.25, -0.2) is 4.39 Å². The van der Waals surface area contributed by atoms with Gasteiger partial charge in [0.15, 0.2) is 12.4 Å². The van der Waals surface area contributed by atoms with Gasteiger partial charge in [0.05, 0.1) is 5.69 Å². The van der Waals surface area contributed by atoms with Crippen molar-refractivity contribution in [3.8, 4) is 0 Å². The number of halogens is 1. The molecule has 1 heterocycles. The molecule has 2 aromatic carbocycles. The highest BCUT2D eigenvalue weighted by atomic mass is 19.1. The minimum atomic E-state index is -0.436. The number of nitrogens with one attached hydrogen (secondary N) is 1. The van der Waals surface area contributed by atoms with E-state index in [0.29, 0.717) is 0 Å². The first-order valence-electron chi connectivity index (χ1n) is 7.77. The molecule has 1 aromatic heterocycles. The van der Waals surface area contributed by atoms with Crippen LogP contribution in [0.3, 0.4) is 0 Å². The molecule has 1 N–H and O–H groups in total. The van der Waals surface area contributed by atoms with Gasteiger partial charge < -0.3 is 5.32 Å². The molecule has 3 rings (SSSR count). The Morgan fingerprint density at radius 1 is 0.875 bits per heavy atom. The number of carbonyl (C=O) groups excluding carboxylic acids is 1. The average molecular weight is 321 g/mol. The van der Waals surface area contributed by atoms with Crippen LogP contribution in [0.2, 0.25) is 0 Å². The second-order valence-corrected chi connectivity index (χ2v) is 5.57. The summed E-state index contributed by atoms with van der Waals surface area (Å²) in [5, 5.41) is 2.58. The minimum Gasteiger partial charge on any atom is -0.318 e. The van der Waals surface area contributed by atoms with E-state index in [1.807, 2.05) is 42.7 Å². The summed E-state index contributed by atoms with van der Waals surface area (Å²) < 4.78 is 15.3. The van der Waals surface area contributed by atoms with Crippen LogP contribution in [0, 0.1) is 5.82 Å². The normalized spacial score (nSPS) is 10.4. The largest absolute Gasteiger partial charge is 0.318 e. The van der Waals surface area contributed by atoms with Crippen LogP contribution in [-0.2, 0) is 17.8 Å². The van der Waals surface area contributed by atoms with Crippen molar-refractivity contribution in [1.82, 2.24) is 0 Å². The zero-order chi connectivity index (χ0) is 16.8. The molecule has 0 aliphatic carbocycles. The van der Waals surface area contributed by atoms with Gasteiger partial charge in [0.2, 0.25) is 6.54 Å². The third kappa shape index (κ3) is 4.26. The van der Waals surface area contributed by atoms with Gasteiger partial charge in [-0.05, 0) is 29.7 Å². The molecule has 0 spiro atoms. The highest BCUT2D eigenvalue weighted by molar-refractivity contribution is 5.89. The van der Waals surface area contributed by atoms with Crippen LogP contribution in [0.15, 0.2) is 79.1 Å². The lowest BCUT2D eigenvalue weighted by Gasteiger charge is -2.04. The molecule has 0 bridgehead atoms. The summed E-state index contributed by atoms with van der Waals surface area (Å²) in [5.41, 5.74) is 2.61. The second kappa shape index (κ2) is 7.51. The average Bonchev–Trinajstić information content (AvgIpc) is 2.60. The van der Waals surface area contributed by atoms with Gasteiger partial charge >= 0.3 is 0 Å². The molecular formula is C20H18FN2O+. The van der Waals surface area contributed by atoms with E-state index in [1.165, 1.54) is 17.2 Å². The molecule has 0 saturated carbocycles. The van der Waals surface area contributed by atoms with Crippen molar-refractivity contribution in [3.63, 3.8) is 0 Å². The number of aromatic nitrogens is 1. The fourth-order valence-corrected chi connectivity index (χ4v) is 2.46. The summed E-state index contributed by atoms with van der Waals surface area (Å²) in [7, 11) is 0. The highest BCUT2D eigenvalue weighted by Gasteiger charge is 2.11. The van der Waals surface area contributed by atoms with Crippen LogP contribution >= 0.6 is 0 Å². The predicted molar refractivity (Wildman–Crippen MR) is 90.9 cm³/mol. The number of anilines is 1. The van der Waals surface area contributed by atoms with Crippen LogP contribution in [-0.4, -0.2) is 5.91 Å². The number of pyridine rings is 1. The quantitative estimate of drug-likeness (QED) is 0.718.